The predicted molar refractivity (Wildman–Crippen MR) is 79.5 cm³/mol. The van der Waals surface area contributed by atoms with Gasteiger partial charge in [0.25, 0.3) is 0 Å². The Morgan fingerprint density at radius 2 is 1.96 bits per heavy atom. The molecule has 1 spiro atoms. The van der Waals surface area contributed by atoms with Crippen LogP contribution in [0.15, 0.2) is 11.6 Å². The highest BCUT2D eigenvalue weighted by Gasteiger charge is 2.69. The minimum absolute atomic E-state index is 0.0663. The molecule has 126 valence electrons. The molecule has 2 aliphatic carbocycles. The van der Waals surface area contributed by atoms with Gasteiger partial charge in [-0.3, -0.25) is 4.79 Å². The third kappa shape index (κ3) is 1.96. The maximum absolute atomic E-state index is 12.8. The van der Waals surface area contributed by atoms with Gasteiger partial charge in [0.05, 0.1) is 12.7 Å². The molecule has 0 N–H and O–H groups in total. The summed E-state index contributed by atoms with van der Waals surface area (Å²) in [5, 5.41) is 0. The number of rotatable bonds is 1. The van der Waals surface area contributed by atoms with Crippen molar-refractivity contribution in [1.82, 2.24) is 0 Å². The van der Waals surface area contributed by atoms with Gasteiger partial charge in [0.15, 0.2) is 11.4 Å². The molecule has 0 aromatic rings. The molecule has 1 saturated heterocycles. The van der Waals surface area contributed by atoms with Crippen LogP contribution in [-0.4, -0.2) is 37.2 Å². The van der Waals surface area contributed by atoms with Crippen LogP contribution in [0.25, 0.3) is 0 Å². The summed E-state index contributed by atoms with van der Waals surface area (Å²) in [7, 11) is 1.25. The molecule has 0 aromatic carbocycles. The smallest absolute Gasteiger partial charge is 0.466 e. The van der Waals surface area contributed by atoms with Crippen molar-refractivity contribution >= 4 is 17.9 Å². The maximum Gasteiger partial charge on any atom is 0.509 e. The topological polar surface area (TPSA) is 78.9 Å². The monoisotopic (exact) mass is 322 g/mol. The highest BCUT2D eigenvalue weighted by atomic mass is 16.8. The van der Waals surface area contributed by atoms with Gasteiger partial charge in [0.2, 0.25) is 0 Å². The molecule has 0 aromatic heterocycles. The molecule has 3 aliphatic rings. The van der Waals surface area contributed by atoms with Crippen LogP contribution in [0.5, 0.6) is 0 Å². The van der Waals surface area contributed by atoms with Crippen LogP contribution in [-0.2, 0) is 23.8 Å². The number of allylic oxidation sites excluding steroid dienone is 1. The number of ketones is 1. The van der Waals surface area contributed by atoms with Gasteiger partial charge in [0, 0.05) is 11.3 Å². The molecule has 1 heterocycles. The zero-order valence-corrected chi connectivity index (χ0v) is 13.9. The minimum atomic E-state index is -1.26. The molecule has 23 heavy (non-hydrogen) atoms. The second-order valence-corrected chi connectivity index (χ2v) is 7.61. The van der Waals surface area contributed by atoms with Crippen molar-refractivity contribution in [3.05, 3.63) is 11.6 Å². The molecule has 0 unspecified atom stereocenters. The van der Waals surface area contributed by atoms with Crippen LogP contribution >= 0.6 is 0 Å². The van der Waals surface area contributed by atoms with Crippen LogP contribution in [0.4, 0.5) is 4.79 Å². The van der Waals surface area contributed by atoms with Crippen molar-refractivity contribution in [2.24, 2.45) is 16.7 Å². The van der Waals surface area contributed by atoms with Crippen molar-refractivity contribution in [2.45, 2.75) is 45.6 Å². The molecule has 0 radical (unpaired) electrons. The van der Waals surface area contributed by atoms with E-state index in [0.717, 1.165) is 12.8 Å². The fraction of sp³-hybridized carbons (Fsp3) is 0.706. The Balaban J connectivity index is 2.23. The van der Waals surface area contributed by atoms with Crippen molar-refractivity contribution < 1.29 is 28.6 Å². The first-order valence-electron chi connectivity index (χ1n) is 7.88. The average molecular weight is 322 g/mol. The maximum atomic E-state index is 12.8. The normalized spacial score (nSPS) is 38.4. The van der Waals surface area contributed by atoms with E-state index in [1.807, 2.05) is 6.92 Å². The lowest BCUT2D eigenvalue weighted by Gasteiger charge is -2.57. The molecule has 1 saturated carbocycles. The summed E-state index contributed by atoms with van der Waals surface area (Å²) in [5.74, 6) is -1.10. The van der Waals surface area contributed by atoms with E-state index in [0.29, 0.717) is 6.42 Å². The van der Waals surface area contributed by atoms with E-state index in [2.05, 4.69) is 13.8 Å². The minimum Gasteiger partial charge on any atom is -0.466 e. The summed E-state index contributed by atoms with van der Waals surface area (Å²) in [5.41, 5.74) is -2.11. The summed E-state index contributed by atoms with van der Waals surface area (Å²) in [6.45, 7) is 5.96. The summed E-state index contributed by atoms with van der Waals surface area (Å²) in [6, 6.07) is 0. The molecular formula is C17H22O6. The van der Waals surface area contributed by atoms with E-state index < -0.39 is 23.1 Å². The Hall–Kier alpha value is -1.85. The second kappa shape index (κ2) is 4.82. The fourth-order valence-electron chi connectivity index (χ4n) is 4.96. The number of carbonyl (C=O) groups excluding carboxylic acids is 3. The van der Waals surface area contributed by atoms with E-state index in [-0.39, 0.29) is 29.3 Å². The first-order valence-corrected chi connectivity index (χ1v) is 7.88. The number of fused-ring (bicyclic) bond motifs is 2. The number of hydrogen-bond donors (Lipinski definition) is 0. The SMILES string of the molecule is COC(=O)C1=CC(=O)[C@H]2C(C)(C)CCC[C@]2(C)[C@@]12COC(=O)O2. The summed E-state index contributed by atoms with van der Waals surface area (Å²) in [4.78, 5) is 36.8. The van der Waals surface area contributed by atoms with Gasteiger partial charge in [-0.05, 0) is 24.3 Å². The Morgan fingerprint density at radius 3 is 2.52 bits per heavy atom. The molecule has 0 bridgehead atoms. The molecule has 0 amide bonds. The molecular weight excluding hydrogens is 300 g/mol. The molecule has 6 nitrogen and oxygen atoms in total. The number of cyclic esters (lactones) is 1. The zero-order valence-electron chi connectivity index (χ0n) is 13.9. The van der Waals surface area contributed by atoms with Gasteiger partial charge < -0.3 is 14.2 Å². The lowest BCUT2D eigenvalue weighted by Crippen LogP contribution is -2.64. The number of carbonyl (C=O) groups is 3. The lowest BCUT2D eigenvalue weighted by atomic mass is 9.46. The van der Waals surface area contributed by atoms with Gasteiger partial charge in [0.1, 0.15) is 6.61 Å². The van der Waals surface area contributed by atoms with Crippen molar-refractivity contribution in [3.8, 4) is 0 Å². The van der Waals surface area contributed by atoms with Gasteiger partial charge in [-0.2, -0.15) is 0 Å². The molecule has 6 heteroatoms. The molecule has 3 rings (SSSR count). The summed E-state index contributed by atoms with van der Waals surface area (Å²) < 4.78 is 15.5. The Morgan fingerprint density at radius 1 is 1.26 bits per heavy atom. The first kappa shape index (κ1) is 16.0. The Labute approximate surface area is 135 Å². The van der Waals surface area contributed by atoms with Crippen molar-refractivity contribution in [2.75, 3.05) is 13.7 Å². The van der Waals surface area contributed by atoms with Crippen molar-refractivity contribution in [1.29, 1.82) is 0 Å². The quantitative estimate of drug-likeness (QED) is 0.690. The van der Waals surface area contributed by atoms with E-state index in [1.54, 1.807) is 0 Å². The van der Waals surface area contributed by atoms with Crippen LogP contribution in [0.1, 0.15) is 40.0 Å². The highest BCUT2D eigenvalue weighted by molar-refractivity contribution is 6.05. The van der Waals surface area contributed by atoms with Crippen LogP contribution in [0, 0.1) is 16.7 Å². The fourth-order valence-corrected chi connectivity index (χ4v) is 4.96. The van der Waals surface area contributed by atoms with E-state index in [1.165, 1.54) is 13.2 Å². The lowest BCUT2D eigenvalue weighted by molar-refractivity contribution is -0.162. The molecule has 2 fully saturated rings. The van der Waals surface area contributed by atoms with Crippen molar-refractivity contribution in [3.63, 3.8) is 0 Å². The summed E-state index contributed by atoms with van der Waals surface area (Å²) >= 11 is 0. The van der Waals surface area contributed by atoms with E-state index in [4.69, 9.17) is 14.2 Å². The zero-order chi connectivity index (χ0) is 17.0. The number of esters is 1. The standard InChI is InChI=1S/C17H22O6/c1-15(2)6-5-7-16(3)12(15)11(18)8-10(13(19)21-4)17(16)9-22-14(20)23-17/h8,12H,5-7,9H2,1-4H3/t12-,16-,17+/m0/s1. The third-order valence-corrected chi connectivity index (χ3v) is 5.92. The predicted octanol–water partition coefficient (Wildman–Crippen LogP) is 2.41. The Bertz CT molecular complexity index is 619. The number of methoxy groups -OCH3 is 1. The van der Waals surface area contributed by atoms with E-state index in [9.17, 15) is 14.4 Å². The van der Waals surface area contributed by atoms with Crippen LogP contribution in [0.2, 0.25) is 0 Å². The van der Waals surface area contributed by atoms with Gasteiger partial charge in [-0.15, -0.1) is 0 Å². The molecule has 3 atom stereocenters. The molecule has 1 aliphatic heterocycles. The number of ether oxygens (including phenoxy) is 3. The van der Waals surface area contributed by atoms with E-state index >= 15 is 0 Å². The average Bonchev–Trinajstić information content (AvgIpc) is 2.85. The Kier molecular flexibility index (Phi) is 3.36. The van der Waals surface area contributed by atoms with Crippen LogP contribution < -0.4 is 0 Å². The number of hydrogen-bond acceptors (Lipinski definition) is 6. The van der Waals surface area contributed by atoms with Crippen LogP contribution in [0.3, 0.4) is 0 Å². The largest absolute Gasteiger partial charge is 0.509 e. The summed E-state index contributed by atoms with van der Waals surface area (Å²) in [6.07, 6.45) is 2.97. The highest BCUT2D eigenvalue weighted by Crippen LogP contribution is 2.62. The second-order valence-electron chi connectivity index (χ2n) is 7.61. The van der Waals surface area contributed by atoms with Gasteiger partial charge >= 0.3 is 12.1 Å². The van der Waals surface area contributed by atoms with Gasteiger partial charge in [-0.1, -0.05) is 27.2 Å². The first-order chi connectivity index (χ1) is 10.7. The van der Waals surface area contributed by atoms with Gasteiger partial charge in [-0.25, -0.2) is 9.59 Å². The third-order valence-electron chi connectivity index (χ3n) is 5.92.